The summed E-state index contributed by atoms with van der Waals surface area (Å²) < 4.78 is 0. The van der Waals surface area contributed by atoms with Crippen LogP contribution in [0.3, 0.4) is 0 Å². The van der Waals surface area contributed by atoms with Crippen molar-refractivity contribution in [3.8, 4) is 0 Å². The van der Waals surface area contributed by atoms with Gasteiger partial charge in [-0.15, -0.1) is 12.4 Å². The molecular weight excluding hydrogens is 442 g/mol. The average Bonchev–Trinajstić information content (AvgIpc) is 3.09. The molecule has 0 radical (unpaired) electrons. The Kier molecular flexibility index (Phi) is 7.66. The molecule has 0 aliphatic carbocycles. The smallest absolute Gasteiger partial charge is 0.255 e. The number of nitrogens with one attached hydrogen (secondary N) is 1. The minimum Gasteiger partial charge on any atom is -0.326 e. The molecule has 2 aliphatic rings. The van der Waals surface area contributed by atoms with Gasteiger partial charge in [0.15, 0.2) is 0 Å². The van der Waals surface area contributed by atoms with Gasteiger partial charge in [0, 0.05) is 37.9 Å². The van der Waals surface area contributed by atoms with Crippen molar-refractivity contribution < 1.29 is 19.2 Å². The van der Waals surface area contributed by atoms with E-state index in [4.69, 9.17) is 5.73 Å². The Morgan fingerprint density at radius 3 is 2.61 bits per heavy atom. The third kappa shape index (κ3) is 5.31. The fourth-order valence-corrected chi connectivity index (χ4v) is 4.44. The molecule has 3 N–H and O–H groups in total. The fourth-order valence-electron chi connectivity index (χ4n) is 4.44. The van der Waals surface area contributed by atoms with Gasteiger partial charge in [0.2, 0.25) is 11.8 Å². The van der Waals surface area contributed by atoms with Gasteiger partial charge in [-0.3, -0.25) is 24.5 Å². The standard InChI is InChI=1S/C25H27N3O4.ClH/c1-15-2-3-17(11-18(15)13-26)12-20(29)6-4-16-5-7-21-19(10-16)14-28(25(21)32)22-8-9-23(30)27-24(22)31;/h2-3,5,7,10-11,22H,4,6,8-9,12-14,26H2,1H3,(H,27,30,31);1H. The number of carbonyl (C=O) groups is 4. The van der Waals surface area contributed by atoms with E-state index >= 15 is 0 Å². The number of benzene rings is 2. The van der Waals surface area contributed by atoms with Crippen LogP contribution < -0.4 is 11.1 Å². The molecule has 1 unspecified atom stereocenters. The van der Waals surface area contributed by atoms with Crippen molar-refractivity contribution in [3.05, 3.63) is 69.8 Å². The van der Waals surface area contributed by atoms with Gasteiger partial charge in [-0.1, -0.05) is 30.3 Å². The van der Waals surface area contributed by atoms with E-state index in [0.717, 1.165) is 27.8 Å². The summed E-state index contributed by atoms with van der Waals surface area (Å²) in [4.78, 5) is 50.4. The third-order valence-corrected chi connectivity index (χ3v) is 6.32. The minimum atomic E-state index is -0.620. The zero-order valence-electron chi connectivity index (χ0n) is 18.6. The molecule has 8 heteroatoms. The Balaban J connectivity index is 0.00000306. The van der Waals surface area contributed by atoms with Gasteiger partial charge in [-0.05, 0) is 53.6 Å². The normalized spacial score (nSPS) is 17.5. The van der Waals surface area contributed by atoms with Crippen molar-refractivity contribution in [2.75, 3.05) is 0 Å². The molecule has 2 aliphatic heterocycles. The first kappa shape index (κ1) is 24.6. The summed E-state index contributed by atoms with van der Waals surface area (Å²) in [7, 11) is 0. The van der Waals surface area contributed by atoms with E-state index in [2.05, 4.69) is 5.32 Å². The number of fused-ring (bicyclic) bond motifs is 1. The van der Waals surface area contributed by atoms with Crippen LogP contribution >= 0.6 is 12.4 Å². The summed E-state index contributed by atoms with van der Waals surface area (Å²) >= 11 is 0. The lowest BCUT2D eigenvalue weighted by molar-refractivity contribution is -0.137. The molecule has 0 spiro atoms. The van der Waals surface area contributed by atoms with Crippen LogP contribution in [0.25, 0.3) is 0 Å². The molecule has 2 heterocycles. The molecule has 1 atom stereocenters. The number of hydrogen-bond acceptors (Lipinski definition) is 5. The molecule has 2 aromatic carbocycles. The van der Waals surface area contributed by atoms with Crippen LogP contribution in [0.4, 0.5) is 0 Å². The first-order chi connectivity index (χ1) is 15.4. The number of nitrogens with two attached hydrogens (primary N) is 1. The molecule has 0 bridgehead atoms. The predicted molar refractivity (Wildman–Crippen MR) is 126 cm³/mol. The number of aryl methyl sites for hydroxylation is 2. The van der Waals surface area contributed by atoms with Crippen molar-refractivity contribution in [1.82, 2.24) is 10.2 Å². The number of piperidine rings is 1. The Hall–Kier alpha value is -3.03. The van der Waals surface area contributed by atoms with Gasteiger partial charge in [0.25, 0.3) is 5.91 Å². The predicted octanol–water partition coefficient (Wildman–Crippen LogP) is 2.38. The summed E-state index contributed by atoms with van der Waals surface area (Å²) in [5, 5.41) is 2.31. The van der Waals surface area contributed by atoms with Gasteiger partial charge < -0.3 is 10.6 Å². The van der Waals surface area contributed by atoms with Crippen molar-refractivity contribution in [2.24, 2.45) is 5.73 Å². The molecular formula is C25H28ClN3O4. The molecule has 1 saturated heterocycles. The summed E-state index contributed by atoms with van der Waals surface area (Å²) in [5.41, 5.74) is 11.3. The molecule has 0 saturated carbocycles. The van der Waals surface area contributed by atoms with Gasteiger partial charge in [0.05, 0.1) is 0 Å². The Morgan fingerprint density at radius 2 is 1.88 bits per heavy atom. The van der Waals surface area contributed by atoms with Crippen LogP contribution in [0.5, 0.6) is 0 Å². The van der Waals surface area contributed by atoms with Gasteiger partial charge in [-0.25, -0.2) is 0 Å². The highest BCUT2D eigenvalue weighted by Crippen LogP contribution is 2.28. The maximum atomic E-state index is 12.8. The number of carbonyl (C=O) groups excluding carboxylic acids is 4. The van der Waals surface area contributed by atoms with E-state index in [-0.39, 0.29) is 36.4 Å². The zero-order valence-corrected chi connectivity index (χ0v) is 19.4. The molecule has 2 aromatic rings. The lowest BCUT2D eigenvalue weighted by Gasteiger charge is -2.29. The second kappa shape index (κ2) is 10.3. The first-order valence-corrected chi connectivity index (χ1v) is 10.9. The van der Waals surface area contributed by atoms with Crippen LogP contribution in [0.2, 0.25) is 0 Å². The maximum absolute atomic E-state index is 12.8. The molecule has 33 heavy (non-hydrogen) atoms. The number of nitrogens with zero attached hydrogens (tertiary/aromatic N) is 1. The summed E-state index contributed by atoms with van der Waals surface area (Å²) in [6, 6.07) is 10.9. The topological polar surface area (TPSA) is 110 Å². The summed E-state index contributed by atoms with van der Waals surface area (Å²) in [5.74, 6) is -0.750. The van der Waals surface area contributed by atoms with Gasteiger partial charge in [0.1, 0.15) is 11.8 Å². The van der Waals surface area contributed by atoms with Crippen molar-refractivity contribution in [3.63, 3.8) is 0 Å². The van der Waals surface area contributed by atoms with Crippen LogP contribution in [-0.2, 0) is 40.3 Å². The van der Waals surface area contributed by atoms with E-state index in [1.165, 1.54) is 4.90 Å². The monoisotopic (exact) mass is 469 g/mol. The lowest BCUT2D eigenvalue weighted by Crippen LogP contribution is -2.52. The summed E-state index contributed by atoms with van der Waals surface area (Å²) in [6.07, 6.45) is 1.96. The molecule has 3 amide bonds. The highest BCUT2D eigenvalue weighted by atomic mass is 35.5. The van der Waals surface area contributed by atoms with E-state index in [0.29, 0.717) is 44.3 Å². The zero-order chi connectivity index (χ0) is 22.8. The van der Waals surface area contributed by atoms with Crippen molar-refractivity contribution in [2.45, 2.75) is 58.2 Å². The van der Waals surface area contributed by atoms with Crippen LogP contribution in [0.15, 0.2) is 36.4 Å². The molecule has 174 valence electrons. The third-order valence-electron chi connectivity index (χ3n) is 6.32. The Labute approximate surface area is 199 Å². The molecule has 7 nitrogen and oxygen atoms in total. The largest absolute Gasteiger partial charge is 0.326 e. The fraction of sp³-hybridized carbons (Fsp3) is 0.360. The van der Waals surface area contributed by atoms with Crippen molar-refractivity contribution in [1.29, 1.82) is 0 Å². The number of imide groups is 1. The highest BCUT2D eigenvalue weighted by Gasteiger charge is 2.39. The number of ketones is 1. The van der Waals surface area contributed by atoms with Gasteiger partial charge in [-0.2, -0.15) is 0 Å². The molecule has 0 aromatic heterocycles. The maximum Gasteiger partial charge on any atom is 0.255 e. The average molecular weight is 470 g/mol. The second-order valence-electron chi connectivity index (χ2n) is 8.57. The van der Waals surface area contributed by atoms with Crippen LogP contribution in [0.1, 0.15) is 57.4 Å². The molecule has 1 fully saturated rings. The van der Waals surface area contributed by atoms with Crippen molar-refractivity contribution >= 4 is 35.9 Å². The van der Waals surface area contributed by atoms with Crippen LogP contribution in [-0.4, -0.2) is 34.4 Å². The number of Topliss-reactive ketones (excluding diaryl/α,β-unsaturated/α-hetero) is 1. The number of halogens is 1. The Bertz CT molecular complexity index is 1110. The van der Waals surface area contributed by atoms with Crippen LogP contribution in [0, 0.1) is 6.92 Å². The quantitative estimate of drug-likeness (QED) is 0.605. The lowest BCUT2D eigenvalue weighted by atomic mass is 9.98. The van der Waals surface area contributed by atoms with E-state index in [9.17, 15) is 19.2 Å². The van der Waals surface area contributed by atoms with Gasteiger partial charge >= 0.3 is 0 Å². The first-order valence-electron chi connectivity index (χ1n) is 10.9. The second-order valence-corrected chi connectivity index (χ2v) is 8.57. The number of rotatable bonds is 7. The number of hydrogen-bond donors (Lipinski definition) is 2. The number of amides is 3. The van der Waals surface area contributed by atoms with E-state index < -0.39 is 11.9 Å². The Morgan fingerprint density at radius 1 is 1.12 bits per heavy atom. The SMILES string of the molecule is Cc1ccc(CC(=O)CCc2ccc3c(c2)CN(C2CCC(=O)NC2=O)C3=O)cc1CN.Cl. The van der Waals surface area contributed by atoms with E-state index in [1.807, 2.05) is 37.3 Å². The minimum absolute atomic E-state index is 0. The molecule has 4 rings (SSSR count). The van der Waals surface area contributed by atoms with E-state index in [1.54, 1.807) is 6.07 Å². The highest BCUT2D eigenvalue weighted by molar-refractivity contribution is 6.05. The summed E-state index contributed by atoms with van der Waals surface area (Å²) in [6.45, 7) is 2.80.